The third-order valence-corrected chi connectivity index (χ3v) is 2.53. The highest BCUT2D eigenvalue weighted by atomic mass is 13.9. The Hall–Kier alpha value is -1.66. The molecular formula is C38H84. The molecule has 38 heavy (non-hydrogen) atoms. The second kappa shape index (κ2) is 139. The van der Waals surface area contributed by atoms with Gasteiger partial charge >= 0.3 is 0 Å². The van der Waals surface area contributed by atoms with Gasteiger partial charge in [0.25, 0.3) is 0 Å². The quantitative estimate of drug-likeness (QED) is 0.327. The molecule has 0 unspecified atom stereocenters. The van der Waals surface area contributed by atoms with E-state index in [-0.39, 0.29) is 0 Å². The first-order valence-corrected chi connectivity index (χ1v) is 16.0. The maximum Gasteiger partial charge on any atom is -0.00297 e. The van der Waals surface area contributed by atoms with Crippen LogP contribution in [0, 0.1) is 45.0 Å². The molecule has 0 bridgehead atoms. The van der Waals surface area contributed by atoms with E-state index in [0.717, 1.165) is 5.92 Å². The van der Waals surface area contributed by atoms with E-state index in [9.17, 15) is 0 Å². The van der Waals surface area contributed by atoms with Crippen LogP contribution in [0.2, 0.25) is 0 Å². The number of hydrogen-bond acceptors (Lipinski definition) is 0. The van der Waals surface area contributed by atoms with Crippen molar-refractivity contribution in [1.82, 2.24) is 0 Å². The third-order valence-electron chi connectivity index (χ3n) is 2.53. The summed E-state index contributed by atoms with van der Waals surface area (Å²) >= 11 is 0. The summed E-state index contributed by atoms with van der Waals surface area (Å²) in [4.78, 5) is 0. The van der Waals surface area contributed by atoms with Crippen molar-refractivity contribution in [3.8, 4) is 25.2 Å². The monoisotopic (exact) mass is 541 g/mol. The van der Waals surface area contributed by atoms with Crippen LogP contribution in [0.3, 0.4) is 0 Å². The first-order valence-electron chi connectivity index (χ1n) is 16.0. The van der Waals surface area contributed by atoms with Crippen LogP contribution in [0.5, 0.6) is 0 Å². The number of aryl methyl sites for hydroxylation is 2. The smallest absolute Gasteiger partial charge is 0.00297 e. The van der Waals surface area contributed by atoms with E-state index in [2.05, 4.69) is 126 Å². The second-order valence-corrected chi connectivity index (χ2v) is 6.66. The highest BCUT2D eigenvalue weighted by Gasteiger charge is 1.80. The summed E-state index contributed by atoms with van der Waals surface area (Å²) in [7, 11) is 0. The van der Waals surface area contributed by atoms with Crippen LogP contribution in [0.4, 0.5) is 0 Å². The first-order chi connectivity index (χ1) is 18.2. The van der Waals surface area contributed by atoms with Gasteiger partial charge in [0.15, 0.2) is 0 Å². The standard InChI is InChI=1S/C8H10.C5H12.C4H10.2C3H8.C3H4.5C2H6.C2H2/c1-7-3-5-8(2)6-4-7;1-4-5(2)3;1-3-4-2;3*1-3-2;6*1-2/h3-6H,1-2H3;5H,4H2,1-3H3;3-4H2,1-2H3;2*3H2,1-2H3;1H,2H3;5*1-2H3;1-2H. The first kappa shape index (κ1) is 70.7. The van der Waals surface area contributed by atoms with Gasteiger partial charge in [-0.1, -0.05) is 199 Å². The van der Waals surface area contributed by atoms with Crippen LogP contribution in [0.1, 0.15) is 182 Å². The van der Waals surface area contributed by atoms with Crippen LogP contribution >= 0.6 is 0 Å². The molecule has 0 N–H and O–H groups in total. The Kier molecular flexibility index (Phi) is 258. The largest absolute Gasteiger partial charge is 0.124 e. The van der Waals surface area contributed by atoms with Gasteiger partial charge in [0.2, 0.25) is 0 Å². The highest BCUT2D eigenvalue weighted by Crippen LogP contribution is 1.99. The SMILES string of the molecule is C#C.C#CC.CC.CC.CC.CC.CC.CCC.CCC.CCC(C)C.CCCC.Cc1ccc(C)cc1. The predicted molar refractivity (Wildman–Crippen MR) is 195 cm³/mol. The van der Waals surface area contributed by atoms with Gasteiger partial charge in [0.1, 0.15) is 0 Å². The molecule has 0 spiro atoms. The molecule has 0 heteroatoms. The van der Waals surface area contributed by atoms with Gasteiger partial charge < -0.3 is 0 Å². The molecule has 0 atom stereocenters. The number of unbranched alkanes of at least 4 members (excludes halogenated alkanes) is 1. The topological polar surface area (TPSA) is 0 Å². The van der Waals surface area contributed by atoms with Crippen LogP contribution in [0.25, 0.3) is 0 Å². The molecule has 0 aliphatic heterocycles. The van der Waals surface area contributed by atoms with E-state index >= 15 is 0 Å². The van der Waals surface area contributed by atoms with Gasteiger partial charge in [-0.2, -0.15) is 0 Å². The maximum atomic E-state index is 4.60. The van der Waals surface area contributed by atoms with Gasteiger partial charge in [0.05, 0.1) is 0 Å². The molecule has 1 aromatic carbocycles. The molecule has 0 nitrogen and oxygen atoms in total. The molecule has 236 valence electrons. The van der Waals surface area contributed by atoms with Crippen LogP contribution in [-0.4, -0.2) is 0 Å². The zero-order valence-corrected chi connectivity index (χ0v) is 31.7. The van der Waals surface area contributed by atoms with Crippen molar-refractivity contribution in [2.45, 2.75) is 184 Å². The van der Waals surface area contributed by atoms with Crippen molar-refractivity contribution in [3.05, 3.63) is 35.4 Å². The normalized spacial score (nSPS) is 6.00. The van der Waals surface area contributed by atoms with Crippen LogP contribution in [0.15, 0.2) is 24.3 Å². The number of terminal acetylenes is 2. The molecule has 0 radical (unpaired) electrons. The highest BCUT2D eigenvalue weighted by molar-refractivity contribution is 5.19. The molecule has 0 aliphatic carbocycles. The molecule has 0 amide bonds. The Morgan fingerprint density at radius 3 is 0.711 bits per heavy atom. The minimum Gasteiger partial charge on any atom is -0.124 e. The molecule has 0 fully saturated rings. The average molecular weight is 541 g/mol. The van der Waals surface area contributed by atoms with Crippen LogP contribution < -0.4 is 0 Å². The van der Waals surface area contributed by atoms with Crippen molar-refractivity contribution in [2.75, 3.05) is 0 Å². The lowest BCUT2D eigenvalue weighted by atomic mass is 10.2. The van der Waals surface area contributed by atoms with Gasteiger partial charge in [-0.15, -0.1) is 25.2 Å². The maximum absolute atomic E-state index is 4.60. The zero-order chi connectivity index (χ0) is 33.8. The molecule has 0 aromatic heterocycles. The summed E-state index contributed by atoms with van der Waals surface area (Å²) < 4.78 is 0. The van der Waals surface area contributed by atoms with Gasteiger partial charge in [0, 0.05) is 0 Å². The Labute approximate surface area is 250 Å². The Morgan fingerprint density at radius 2 is 0.658 bits per heavy atom. The molecular weight excluding hydrogens is 456 g/mol. The van der Waals surface area contributed by atoms with E-state index in [1.54, 1.807) is 6.92 Å². The van der Waals surface area contributed by atoms with Crippen molar-refractivity contribution < 1.29 is 0 Å². The van der Waals surface area contributed by atoms with Crippen molar-refractivity contribution in [3.63, 3.8) is 0 Å². The lowest BCUT2D eigenvalue weighted by Gasteiger charge is -1.90. The Morgan fingerprint density at radius 1 is 0.553 bits per heavy atom. The number of hydrogen-bond donors (Lipinski definition) is 0. The van der Waals surface area contributed by atoms with Crippen molar-refractivity contribution >= 4 is 0 Å². The van der Waals surface area contributed by atoms with E-state index < -0.39 is 0 Å². The van der Waals surface area contributed by atoms with Gasteiger partial charge in [-0.05, 0) is 26.7 Å². The van der Waals surface area contributed by atoms with Crippen molar-refractivity contribution in [1.29, 1.82) is 0 Å². The third kappa shape index (κ3) is 297. The minimum atomic E-state index is 0.884. The van der Waals surface area contributed by atoms with Crippen LogP contribution in [-0.2, 0) is 0 Å². The van der Waals surface area contributed by atoms with E-state index in [1.165, 1.54) is 43.2 Å². The molecule has 0 saturated carbocycles. The average Bonchev–Trinajstić information content (AvgIpc) is 2.98. The summed E-state index contributed by atoms with van der Waals surface area (Å²) in [5, 5.41) is 0. The summed E-state index contributed by atoms with van der Waals surface area (Å²) in [6.07, 6.45) is 19.0. The molecule has 0 heterocycles. The summed E-state index contributed by atoms with van der Waals surface area (Å²) in [5.41, 5.74) is 2.66. The van der Waals surface area contributed by atoms with E-state index in [0.29, 0.717) is 0 Å². The molecule has 1 rings (SSSR count). The molecule has 0 aliphatic rings. The number of rotatable bonds is 2. The Bertz CT molecular complexity index is 334. The molecule has 0 saturated heterocycles. The lowest BCUT2D eigenvalue weighted by molar-refractivity contribution is 0.626. The van der Waals surface area contributed by atoms with E-state index in [1.807, 2.05) is 69.2 Å². The minimum absolute atomic E-state index is 0.884. The summed E-state index contributed by atoms with van der Waals surface area (Å²) in [6, 6.07) is 8.48. The summed E-state index contributed by atoms with van der Waals surface area (Å²) in [5.74, 6) is 3.13. The predicted octanol–water partition coefficient (Wildman–Crippen LogP) is 15.0. The number of benzene rings is 1. The fraction of sp³-hybridized carbons (Fsp3) is 0.737. The van der Waals surface area contributed by atoms with E-state index in [4.69, 9.17) is 0 Å². The fourth-order valence-corrected chi connectivity index (χ4v) is 0.637. The van der Waals surface area contributed by atoms with Gasteiger partial charge in [-0.3, -0.25) is 0 Å². The lowest BCUT2D eigenvalue weighted by Crippen LogP contribution is -1.77. The van der Waals surface area contributed by atoms with Crippen molar-refractivity contribution in [2.24, 2.45) is 5.92 Å². The zero-order valence-electron chi connectivity index (χ0n) is 31.7. The fourth-order valence-electron chi connectivity index (χ4n) is 0.637. The summed E-state index contributed by atoms with van der Waals surface area (Å²) in [6.45, 7) is 45.4. The van der Waals surface area contributed by atoms with Gasteiger partial charge in [-0.25, -0.2) is 0 Å². The second-order valence-electron chi connectivity index (χ2n) is 6.66. The molecule has 1 aromatic rings. The Balaban J connectivity index is -0.0000000244.